The van der Waals surface area contributed by atoms with Gasteiger partial charge in [-0.25, -0.2) is 4.79 Å². The summed E-state index contributed by atoms with van der Waals surface area (Å²) in [5, 5.41) is 12.0. The number of carboxylic acid groups (broad SMARTS) is 1. The van der Waals surface area contributed by atoms with E-state index < -0.39 is 5.97 Å². The molecule has 0 spiro atoms. The molecule has 0 aliphatic heterocycles. The number of nitrogens with one attached hydrogen (secondary N) is 1. The van der Waals surface area contributed by atoms with Gasteiger partial charge in [-0.05, 0) is 48.9 Å². The summed E-state index contributed by atoms with van der Waals surface area (Å²) in [7, 11) is 0. The minimum absolute atomic E-state index is 0.168. The molecule has 0 saturated carbocycles. The second-order valence-corrected chi connectivity index (χ2v) is 4.71. The van der Waals surface area contributed by atoms with Crippen LogP contribution >= 0.6 is 11.6 Å². The smallest absolute Gasteiger partial charge is 0.335 e. The maximum atomic E-state index is 12.0. The van der Waals surface area contributed by atoms with E-state index in [1.807, 2.05) is 6.92 Å². The van der Waals surface area contributed by atoms with Crippen LogP contribution in [-0.4, -0.2) is 17.0 Å². The van der Waals surface area contributed by atoms with Crippen LogP contribution in [0.25, 0.3) is 0 Å². The van der Waals surface area contributed by atoms with Gasteiger partial charge in [0, 0.05) is 16.3 Å². The Morgan fingerprint density at radius 3 is 2.20 bits per heavy atom. The van der Waals surface area contributed by atoms with E-state index in [2.05, 4.69) is 5.32 Å². The number of anilines is 1. The fourth-order valence-corrected chi connectivity index (χ4v) is 1.81. The van der Waals surface area contributed by atoms with Gasteiger partial charge in [0.25, 0.3) is 5.91 Å². The van der Waals surface area contributed by atoms with E-state index in [9.17, 15) is 9.59 Å². The van der Waals surface area contributed by atoms with Gasteiger partial charge < -0.3 is 10.4 Å². The maximum Gasteiger partial charge on any atom is 0.335 e. The summed E-state index contributed by atoms with van der Waals surface area (Å²) in [6.07, 6.45) is 0. The van der Waals surface area contributed by atoms with Crippen LogP contribution in [0.15, 0.2) is 42.5 Å². The number of aromatic carboxylic acids is 1. The van der Waals surface area contributed by atoms with Crippen molar-refractivity contribution < 1.29 is 14.7 Å². The number of carboxylic acids is 1. The van der Waals surface area contributed by atoms with Gasteiger partial charge in [-0.3, -0.25) is 4.79 Å². The topological polar surface area (TPSA) is 66.4 Å². The van der Waals surface area contributed by atoms with Crippen molar-refractivity contribution in [1.82, 2.24) is 0 Å². The van der Waals surface area contributed by atoms with Gasteiger partial charge in [0.2, 0.25) is 0 Å². The molecular formula is C15H12ClNO3. The Kier molecular flexibility index (Phi) is 4.05. The summed E-state index contributed by atoms with van der Waals surface area (Å²) < 4.78 is 0. The Bertz CT molecular complexity index is 665. The van der Waals surface area contributed by atoms with Gasteiger partial charge in [0.1, 0.15) is 0 Å². The van der Waals surface area contributed by atoms with E-state index in [1.54, 1.807) is 18.2 Å². The Balaban J connectivity index is 2.14. The van der Waals surface area contributed by atoms with Crippen molar-refractivity contribution in [1.29, 1.82) is 0 Å². The molecule has 0 unspecified atom stereocenters. The highest BCUT2D eigenvalue weighted by Gasteiger charge is 2.08. The number of carbonyl (C=O) groups excluding carboxylic acids is 1. The van der Waals surface area contributed by atoms with Crippen LogP contribution in [0, 0.1) is 6.92 Å². The summed E-state index contributed by atoms with van der Waals surface area (Å²) in [6.45, 7) is 1.86. The number of halogens is 1. The number of rotatable bonds is 3. The third kappa shape index (κ3) is 3.16. The molecule has 102 valence electrons. The molecule has 2 aromatic rings. The van der Waals surface area contributed by atoms with Crippen molar-refractivity contribution in [2.45, 2.75) is 6.92 Å². The van der Waals surface area contributed by atoms with Crippen molar-refractivity contribution in [2.24, 2.45) is 0 Å². The van der Waals surface area contributed by atoms with Gasteiger partial charge >= 0.3 is 5.97 Å². The minimum atomic E-state index is -1.01. The molecular weight excluding hydrogens is 278 g/mol. The Labute approximate surface area is 121 Å². The zero-order valence-electron chi connectivity index (χ0n) is 10.7. The lowest BCUT2D eigenvalue weighted by atomic mass is 10.1. The van der Waals surface area contributed by atoms with Crippen LogP contribution in [0.3, 0.4) is 0 Å². The largest absolute Gasteiger partial charge is 0.478 e. The molecule has 0 aromatic heterocycles. The first kappa shape index (κ1) is 14.1. The molecule has 0 bridgehead atoms. The number of benzene rings is 2. The Morgan fingerprint density at radius 1 is 1.05 bits per heavy atom. The number of carbonyl (C=O) groups is 2. The maximum absolute atomic E-state index is 12.0. The lowest BCUT2D eigenvalue weighted by Crippen LogP contribution is -2.12. The van der Waals surface area contributed by atoms with E-state index in [0.29, 0.717) is 16.3 Å². The average Bonchev–Trinajstić information content (AvgIpc) is 2.42. The lowest BCUT2D eigenvalue weighted by molar-refractivity contribution is 0.0696. The van der Waals surface area contributed by atoms with Crippen molar-refractivity contribution in [3.8, 4) is 0 Å². The molecule has 0 saturated heterocycles. The highest BCUT2D eigenvalue weighted by molar-refractivity contribution is 6.31. The molecule has 2 aromatic carbocycles. The third-order valence-corrected chi connectivity index (χ3v) is 3.23. The quantitative estimate of drug-likeness (QED) is 0.907. The first-order valence-electron chi connectivity index (χ1n) is 5.88. The SMILES string of the molecule is Cc1ccc(C(=O)Nc2ccc(C(=O)O)cc2)cc1Cl. The van der Waals surface area contributed by atoms with Crippen LogP contribution in [-0.2, 0) is 0 Å². The molecule has 0 atom stereocenters. The van der Waals surface area contributed by atoms with Crippen LogP contribution in [0.4, 0.5) is 5.69 Å². The second kappa shape index (κ2) is 5.75. The third-order valence-electron chi connectivity index (χ3n) is 2.82. The fraction of sp³-hybridized carbons (Fsp3) is 0.0667. The van der Waals surface area contributed by atoms with Gasteiger partial charge in [-0.2, -0.15) is 0 Å². The van der Waals surface area contributed by atoms with Crippen LogP contribution in [0.2, 0.25) is 5.02 Å². The Hall–Kier alpha value is -2.33. The number of hydrogen-bond donors (Lipinski definition) is 2. The second-order valence-electron chi connectivity index (χ2n) is 4.30. The predicted molar refractivity (Wildman–Crippen MR) is 77.5 cm³/mol. The van der Waals surface area contributed by atoms with Gasteiger partial charge in [-0.15, -0.1) is 0 Å². The van der Waals surface area contributed by atoms with Crippen LogP contribution in [0.1, 0.15) is 26.3 Å². The lowest BCUT2D eigenvalue weighted by Gasteiger charge is -2.07. The highest BCUT2D eigenvalue weighted by atomic mass is 35.5. The zero-order chi connectivity index (χ0) is 14.7. The average molecular weight is 290 g/mol. The van der Waals surface area contributed by atoms with E-state index in [0.717, 1.165) is 5.56 Å². The standard InChI is InChI=1S/C15H12ClNO3/c1-9-2-3-11(8-13(9)16)14(18)17-12-6-4-10(5-7-12)15(19)20/h2-8H,1H3,(H,17,18)(H,19,20). The molecule has 0 fully saturated rings. The highest BCUT2D eigenvalue weighted by Crippen LogP contribution is 2.18. The molecule has 0 radical (unpaired) electrons. The molecule has 2 rings (SSSR count). The predicted octanol–water partition coefficient (Wildman–Crippen LogP) is 3.60. The molecule has 1 amide bonds. The summed E-state index contributed by atoms with van der Waals surface area (Å²) in [5.41, 5.74) is 2.04. The molecule has 0 aliphatic carbocycles. The number of amides is 1. The normalized spacial score (nSPS) is 10.1. The van der Waals surface area contributed by atoms with E-state index in [4.69, 9.17) is 16.7 Å². The number of aryl methyl sites for hydroxylation is 1. The molecule has 0 heterocycles. The Morgan fingerprint density at radius 2 is 1.65 bits per heavy atom. The zero-order valence-corrected chi connectivity index (χ0v) is 11.4. The van der Waals surface area contributed by atoms with Gasteiger partial charge in [0.15, 0.2) is 0 Å². The monoisotopic (exact) mass is 289 g/mol. The molecule has 4 nitrogen and oxygen atoms in total. The van der Waals surface area contributed by atoms with E-state index in [1.165, 1.54) is 24.3 Å². The number of hydrogen-bond acceptors (Lipinski definition) is 2. The summed E-state index contributed by atoms with van der Waals surface area (Å²) >= 11 is 5.97. The molecule has 5 heteroatoms. The van der Waals surface area contributed by atoms with Gasteiger partial charge in [-0.1, -0.05) is 17.7 Å². The van der Waals surface area contributed by atoms with Crippen molar-refractivity contribution in [3.05, 3.63) is 64.2 Å². The first-order chi connectivity index (χ1) is 9.47. The minimum Gasteiger partial charge on any atom is -0.478 e. The summed E-state index contributed by atoms with van der Waals surface area (Å²) in [6, 6.07) is 11.0. The van der Waals surface area contributed by atoms with Crippen LogP contribution < -0.4 is 5.32 Å². The van der Waals surface area contributed by atoms with Gasteiger partial charge in [0.05, 0.1) is 5.56 Å². The van der Waals surface area contributed by atoms with Crippen molar-refractivity contribution in [2.75, 3.05) is 5.32 Å². The fourth-order valence-electron chi connectivity index (χ4n) is 1.63. The molecule has 20 heavy (non-hydrogen) atoms. The van der Waals surface area contributed by atoms with E-state index in [-0.39, 0.29) is 11.5 Å². The summed E-state index contributed by atoms with van der Waals surface area (Å²) in [4.78, 5) is 22.7. The summed E-state index contributed by atoms with van der Waals surface area (Å²) in [5.74, 6) is -1.30. The first-order valence-corrected chi connectivity index (χ1v) is 6.26. The molecule has 0 aliphatic rings. The van der Waals surface area contributed by atoms with E-state index >= 15 is 0 Å². The van der Waals surface area contributed by atoms with Crippen molar-refractivity contribution in [3.63, 3.8) is 0 Å². The van der Waals surface area contributed by atoms with Crippen LogP contribution in [0.5, 0.6) is 0 Å². The molecule has 2 N–H and O–H groups in total. The van der Waals surface area contributed by atoms with Crippen molar-refractivity contribution >= 4 is 29.2 Å².